The number of hydrogen-bond donors (Lipinski definition) is 0. The van der Waals surface area contributed by atoms with Crippen LogP contribution >= 0.6 is 0 Å². The first-order chi connectivity index (χ1) is 24.6. The van der Waals surface area contributed by atoms with Crippen molar-refractivity contribution in [3.63, 3.8) is 0 Å². The Balaban J connectivity index is 1.42. The SMILES string of the molecule is C[Si](OCO[Si](C)(OC(=O)OCc1ccccc1)OC(=O)OCc1ccccc1)(OC(=O)OCc1ccccc1)OC(=O)OCc1ccccc1. The molecule has 0 aliphatic heterocycles. The lowest BCUT2D eigenvalue weighted by atomic mass is 10.2. The molecule has 16 heteroatoms. The van der Waals surface area contributed by atoms with Crippen molar-refractivity contribution in [1.29, 1.82) is 0 Å². The fourth-order valence-electron chi connectivity index (χ4n) is 3.99. The Morgan fingerprint density at radius 3 is 0.824 bits per heavy atom. The van der Waals surface area contributed by atoms with Crippen LogP contribution in [0.25, 0.3) is 0 Å². The second-order valence-electron chi connectivity index (χ2n) is 10.6. The third kappa shape index (κ3) is 14.4. The minimum Gasteiger partial charge on any atom is -0.432 e. The van der Waals surface area contributed by atoms with Gasteiger partial charge in [-0.05, 0) is 22.3 Å². The maximum absolute atomic E-state index is 12.7. The van der Waals surface area contributed by atoms with E-state index in [1.54, 1.807) is 121 Å². The van der Waals surface area contributed by atoms with Gasteiger partial charge >= 0.3 is 42.2 Å². The summed E-state index contributed by atoms with van der Waals surface area (Å²) in [6, 6.07) is 35.1. The molecule has 4 aromatic rings. The largest absolute Gasteiger partial charge is 0.639 e. The van der Waals surface area contributed by atoms with Crippen LogP contribution in [0.3, 0.4) is 0 Å². The van der Waals surface area contributed by atoms with Gasteiger partial charge in [-0.25, -0.2) is 19.2 Å². The van der Waals surface area contributed by atoms with Crippen LogP contribution in [0.15, 0.2) is 121 Å². The summed E-state index contributed by atoms with van der Waals surface area (Å²) in [5.74, 6) is 0. The van der Waals surface area contributed by atoms with Crippen molar-refractivity contribution in [1.82, 2.24) is 0 Å². The van der Waals surface area contributed by atoms with Gasteiger partial charge in [-0.1, -0.05) is 121 Å². The fourth-order valence-corrected chi connectivity index (χ4v) is 6.42. The number of ether oxygens (including phenoxy) is 4. The molecule has 51 heavy (non-hydrogen) atoms. The molecule has 268 valence electrons. The summed E-state index contributed by atoms with van der Waals surface area (Å²) in [5.41, 5.74) is 2.67. The molecule has 4 rings (SSSR count). The van der Waals surface area contributed by atoms with Crippen molar-refractivity contribution in [2.24, 2.45) is 0 Å². The van der Waals surface area contributed by atoms with Crippen molar-refractivity contribution in [2.45, 2.75) is 39.5 Å². The van der Waals surface area contributed by atoms with Gasteiger partial charge in [-0.15, -0.1) is 0 Å². The highest BCUT2D eigenvalue weighted by Gasteiger charge is 2.49. The number of carbonyl (C=O) groups excluding carboxylic acids is 4. The monoisotopic (exact) mass is 736 g/mol. The Morgan fingerprint density at radius 1 is 0.392 bits per heavy atom. The number of carbonyl (C=O) groups is 4. The van der Waals surface area contributed by atoms with E-state index >= 15 is 0 Å². The highest BCUT2D eigenvalue weighted by Crippen LogP contribution is 2.19. The van der Waals surface area contributed by atoms with Gasteiger partial charge in [-0.2, -0.15) is 0 Å². The van der Waals surface area contributed by atoms with Gasteiger partial charge in [0, 0.05) is 13.1 Å². The predicted octanol–water partition coefficient (Wildman–Crippen LogP) is 7.53. The molecule has 0 aliphatic rings. The van der Waals surface area contributed by atoms with Gasteiger partial charge < -0.3 is 45.5 Å². The van der Waals surface area contributed by atoms with Crippen LogP contribution in [0.1, 0.15) is 22.3 Å². The lowest BCUT2D eigenvalue weighted by Crippen LogP contribution is -2.50. The summed E-state index contributed by atoms with van der Waals surface area (Å²) < 4.78 is 53.3. The first-order valence-electron chi connectivity index (χ1n) is 15.5. The Morgan fingerprint density at radius 2 is 0.608 bits per heavy atom. The molecule has 0 heterocycles. The molecule has 0 aliphatic carbocycles. The lowest BCUT2D eigenvalue weighted by molar-refractivity contribution is -0.0269. The molecule has 0 aromatic heterocycles. The van der Waals surface area contributed by atoms with Crippen molar-refractivity contribution in [3.8, 4) is 0 Å². The molecule has 0 saturated heterocycles. The van der Waals surface area contributed by atoms with Crippen LogP contribution in [0.5, 0.6) is 0 Å². The van der Waals surface area contributed by atoms with Gasteiger partial charge in [0.25, 0.3) is 0 Å². The molecule has 0 fully saturated rings. The molecular weight excluding hydrogens is 701 g/mol. The third-order valence-corrected chi connectivity index (χ3v) is 9.95. The molecule has 0 N–H and O–H groups in total. The minimum atomic E-state index is -4.35. The van der Waals surface area contributed by atoms with Crippen molar-refractivity contribution in [2.75, 3.05) is 6.79 Å². The molecule has 4 aromatic carbocycles. The Hall–Kier alpha value is -5.69. The lowest BCUT2D eigenvalue weighted by Gasteiger charge is -2.27. The normalized spacial score (nSPS) is 11.0. The molecule has 0 radical (unpaired) electrons. The van der Waals surface area contributed by atoms with E-state index in [-0.39, 0.29) is 26.4 Å². The molecule has 0 spiro atoms. The first-order valence-corrected chi connectivity index (χ1v) is 19.9. The molecule has 0 amide bonds. The highest BCUT2D eigenvalue weighted by atomic mass is 28.4. The number of benzene rings is 4. The molecule has 0 saturated carbocycles. The van der Waals surface area contributed by atoms with E-state index in [0.717, 1.165) is 0 Å². The fraction of sp³-hybridized carbons (Fsp3) is 0.200. The van der Waals surface area contributed by atoms with Gasteiger partial charge in [0.1, 0.15) is 33.2 Å². The maximum atomic E-state index is 12.7. The highest BCUT2D eigenvalue weighted by molar-refractivity contribution is 6.63. The summed E-state index contributed by atoms with van der Waals surface area (Å²) in [5, 5.41) is 0. The van der Waals surface area contributed by atoms with Crippen LogP contribution in [0.4, 0.5) is 19.2 Å². The quantitative estimate of drug-likeness (QED) is 0.0480. The van der Waals surface area contributed by atoms with Crippen LogP contribution in [-0.2, 0) is 71.9 Å². The van der Waals surface area contributed by atoms with E-state index in [1.165, 1.54) is 13.1 Å². The van der Waals surface area contributed by atoms with E-state index in [4.69, 9.17) is 45.5 Å². The standard InChI is InChI=1S/C35H36O14Si2/c1-50(46-32(36)40-23-28-15-7-3-8-16-28,47-33(37)41-24-29-17-9-4-10-18-29)44-27-45-51(2,48-34(38)42-25-30-19-11-5-12-20-30)49-35(39)43-26-31-21-13-6-14-22-31/h3-22H,23-27H2,1-2H3. The maximum Gasteiger partial charge on any atom is 0.639 e. The Kier molecular flexibility index (Phi) is 14.6. The molecule has 0 bridgehead atoms. The topological polar surface area (TPSA) is 161 Å². The van der Waals surface area contributed by atoms with Gasteiger partial charge in [0.05, 0.1) is 0 Å². The first kappa shape index (κ1) is 38.1. The molecule has 14 nitrogen and oxygen atoms in total. The molecule has 0 unspecified atom stereocenters. The predicted molar refractivity (Wildman–Crippen MR) is 181 cm³/mol. The van der Waals surface area contributed by atoms with Crippen LogP contribution in [0, 0.1) is 0 Å². The zero-order chi connectivity index (χ0) is 36.4. The third-order valence-electron chi connectivity index (χ3n) is 6.52. The molecular formula is C35H36O14Si2. The van der Waals surface area contributed by atoms with Crippen molar-refractivity contribution >= 4 is 42.2 Å². The van der Waals surface area contributed by atoms with E-state index in [1.807, 2.05) is 0 Å². The van der Waals surface area contributed by atoms with Crippen molar-refractivity contribution < 1.29 is 64.7 Å². The summed E-state index contributed by atoms with van der Waals surface area (Å²) in [4.78, 5) is 50.8. The summed E-state index contributed by atoms with van der Waals surface area (Å²) in [6.07, 6.45) is -4.87. The van der Waals surface area contributed by atoms with E-state index in [9.17, 15) is 19.2 Å². The van der Waals surface area contributed by atoms with E-state index in [0.29, 0.717) is 22.3 Å². The molecule has 0 atom stereocenters. The van der Waals surface area contributed by atoms with Gasteiger partial charge in [0.15, 0.2) is 0 Å². The Labute approximate surface area is 296 Å². The summed E-state index contributed by atoms with van der Waals surface area (Å²) >= 11 is 0. The van der Waals surface area contributed by atoms with Gasteiger partial charge in [0.2, 0.25) is 0 Å². The summed E-state index contributed by atoms with van der Waals surface area (Å²) in [6.45, 7) is 0.939. The smallest absolute Gasteiger partial charge is 0.432 e. The van der Waals surface area contributed by atoms with Gasteiger partial charge in [-0.3, -0.25) is 0 Å². The van der Waals surface area contributed by atoms with E-state index in [2.05, 4.69) is 0 Å². The minimum absolute atomic E-state index is 0.151. The van der Waals surface area contributed by atoms with E-state index < -0.39 is 49.0 Å². The van der Waals surface area contributed by atoms with Crippen LogP contribution < -0.4 is 0 Å². The number of hydrogen-bond acceptors (Lipinski definition) is 14. The zero-order valence-corrected chi connectivity index (χ0v) is 29.8. The second kappa shape index (κ2) is 19.5. The zero-order valence-electron chi connectivity index (χ0n) is 27.8. The van der Waals surface area contributed by atoms with Crippen molar-refractivity contribution in [3.05, 3.63) is 144 Å². The average Bonchev–Trinajstić information content (AvgIpc) is 3.13. The van der Waals surface area contributed by atoms with Crippen LogP contribution in [-0.4, -0.2) is 49.0 Å². The average molecular weight is 737 g/mol. The second-order valence-corrected chi connectivity index (χ2v) is 15.5. The number of rotatable bonds is 16. The van der Waals surface area contributed by atoms with Crippen LogP contribution in [0.2, 0.25) is 13.1 Å². The Bertz CT molecular complexity index is 1440. The summed E-state index contributed by atoms with van der Waals surface area (Å²) in [7, 11) is -8.69.